The number of nitrogens with one attached hydrogen (secondary N) is 1. The maximum absolute atomic E-state index is 14.1. The van der Waals surface area contributed by atoms with Crippen LogP contribution in [0.15, 0.2) is 82.2 Å². The molecule has 0 heterocycles. The zero-order chi connectivity index (χ0) is 29.3. The molecule has 0 fully saturated rings. The average molecular weight is 669 g/mol. The Morgan fingerprint density at radius 3 is 2.33 bits per heavy atom. The predicted molar refractivity (Wildman–Crippen MR) is 164 cm³/mol. The van der Waals surface area contributed by atoms with Crippen molar-refractivity contribution in [3.05, 3.63) is 92.9 Å². The van der Waals surface area contributed by atoms with Gasteiger partial charge in [-0.3, -0.25) is 13.9 Å². The first-order valence-electron chi connectivity index (χ1n) is 12.9. The maximum atomic E-state index is 14.1. The molecule has 0 saturated carbocycles. The van der Waals surface area contributed by atoms with E-state index in [0.717, 1.165) is 17.1 Å². The van der Waals surface area contributed by atoms with Gasteiger partial charge in [0.2, 0.25) is 11.8 Å². The minimum Gasteiger partial charge on any atom is -0.354 e. The minimum absolute atomic E-state index is 0.00769. The van der Waals surface area contributed by atoms with Gasteiger partial charge in [0.15, 0.2) is 0 Å². The van der Waals surface area contributed by atoms with E-state index in [9.17, 15) is 18.0 Å². The number of nitrogens with zero attached hydrogens (tertiary/aromatic N) is 2. The van der Waals surface area contributed by atoms with Crippen LogP contribution in [0, 0.1) is 0 Å². The van der Waals surface area contributed by atoms with E-state index in [2.05, 4.69) is 21.2 Å². The molecule has 0 saturated heterocycles. The number of halogens is 3. The second kappa shape index (κ2) is 14.9. The van der Waals surface area contributed by atoms with Crippen molar-refractivity contribution in [3.8, 4) is 0 Å². The van der Waals surface area contributed by atoms with E-state index in [4.69, 9.17) is 23.2 Å². The van der Waals surface area contributed by atoms with Gasteiger partial charge < -0.3 is 10.2 Å². The first-order chi connectivity index (χ1) is 19.1. The van der Waals surface area contributed by atoms with Gasteiger partial charge in [0, 0.05) is 27.6 Å². The normalized spacial score (nSPS) is 12.0. The maximum Gasteiger partial charge on any atom is 0.264 e. The summed E-state index contributed by atoms with van der Waals surface area (Å²) in [5.41, 5.74) is 0.885. The first-order valence-corrected chi connectivity index (χ1v) is 15.9. The molecule has 0 aliphatic heterocycles. The van der Waals surface area contributed by atoms with E-state index in [0.29, 0.717) is 38.7 Å². The topological polar surface area (TPSA) is 86.8 Å². The van der Waals surface area contributed by atoms with Gasteiger partial charge in [0.1, 0.15) is 12.6 Å². The van der Waals surface area contributed by atoms with Crippen LogP contribution in [0.2, 0.25) is 10.0 Å². The Morgan fingerprint density at radius 1 is 0.975 bits per heavy atom. The fourth-order valence-corrected chi connectivity index (χ4v) is 6.42. The Balaban J connectivity index is 2.05. The fourth-order valence-electron chi connectivity index (χ4n) is 4.14. The lowest BCUT2D eigenvalue weighted by atomic mass is 10.1. The monoisotopic (exact) mass is 667 g/mol. The third-order valence-electron chi connectivity index (χ3n) is 6.28. The number of rotatable bonds is 13. The number of anilines is 1. The summed E-state index contributed by atoms with van der Waals surface area (Å²) in [5.74, 6) is -0.864. The molecule has 40 heavy (non-hydrogen) atoms. The van der Waals surface area contributed by atoms with Crippen LogP contribution < -0.4 is 9.62 Å². The van der Waals surface area contributed by atoms with E-state index in [-0.39, 0.29) is 17.3 Å². The molecule has 3 aromatic carbocycles. The molecule has 1 atom stereocenters. The van der Waals surface area contributed by atoms with Crippen molar-refractivity contribution in [1.82, 2.24) is 10.2 Å². The van der Waals surface area contributed by atoms with Gasteiger partial charge >= 0.3 is 0 Å². The lowest BCUT2D eigenvalue weighted by molar-refractivity contribution is -0.140. The highest BCUT2D eigenvalue weighted by molar-refractivity contribution is 9.10. The zero-order valence-electron chi connectivity index (χ0n) is 22.3. The average Bonchev–Trinajstić information content (AvgIpc) is 2.93. The van der Waals surface area contributed by atoms with Crippen LogP contribution in [0.4, 0.5) is 5.69 Å². The largest absolute Gasteiger partial charge is 0.354 e. The van der Waals surface area contributed by atoms with Gasteiger partial charge in [-0.1, -0.05) is 89.7 Å². The van der Waals surface area contributed by atoms with E-state index >= 15 is 0 Å². The number of hydrogen-bond donors (Lipinski definition) is 1. The number of sulfonamides is 1. The number of unbranched alkanes of at least 4 members (excludes halogenated alkanes) is 1. The Kier molecular flexibility index (Phi) is 11.9. The molecule has 0 bridgehead atoms. The highest BCUT2D eigenvalue weighted by Crippen LogP contribution is 2.28. The Bertz CT molecular complexity index is 1420. The van der Waals surface area contributed by atoms with Crippen LogP contribution in [-0.2, 0) is 26.2 Å². The zero-order valence-corrected chi connectivity index (χ0v) is 26.2. The van der Waals surface area contributed by atoms with Gasteiger partial charge in [-0.2, -0.15) is 0 Å². The second-order valence-corrected chi connectivity index (χ2v) is 12.8. The number of carbonyl (C=O) groups excluding carboxylic acids is 2. The summed E-state index contributed by atoms with van der Waals surface area (Å²) in [4.78, 5) is 28.7. The summed E-state index contributed by atoms with van der Waals surface area (Å²) < 4.78 is 29.4. The van der Waals surface area contributed by atoms with Gasteiger partial charge in [-0.15, -0.1) is 0 Å². The molecule has 3 rings (SSSR count). The first kappa shape index (κ1) is 31.9. The third-order valence-corrected chi connectivity index (χ3v) is 9.15. The molecule has 1 N–H and O–H groups in total. The van der Waals surface area contributed by atoms with Crippen LogP contribution in [0.3, 0.4) is 0 Å². The van der Waals surface area contributed by atoms with Crippen LogP contribution in [0.25, 0.3) is 0 Å². The summed E-state index contributed by atoms with van der Waals surface area (Å²) >= 11 is 15.9. The summed E-state index contributed by atoms with van der Waals surface area (Å²) in [6, 6.07) is 18.7. The number of amides is 2. The standard InChI is InChI=1S/C29H32BrCl2N3O4S/c1-3-5-16-33-29(37)27(4-2)34(19-21-14-15-23(31)18-26(21)32)28(36)20-35(24-11-9-10-22(30)17-24)40(38,39)25-12-7-6-8-13-25/h6-15,17-18,27H,3-5,16,19-20H2,1-2H3,(H,33,37)/t27-/m1/s1. The lowest BCUT2D eigenvalue weighted by Crippen LogP contribution is -2.52. The number of hydrogen-bond acceptors (Lipinski definition) is 4. The highest BCUT2D eigenvalue weighted by atomic mass is 79.9. The predicted octanol–water partition coefficient (Wildman–Crippen LogP) is 6.67. The quantitative estimate of drug-likeness (QED) is 0.206. The molecule has 0 aromatic heterocycles. The third kappa shape index (κ3) is 8.22. The van der Waals surface area contributed by atoms with Crippen LogP contribution in [-0.4, -0.2) is 44.3 Å². The van der Waals surface area contributed by atoms with Crippen molar-refractivity contribution in [2.24, 2.45) is 0 Å². The van der Waals surface area contributed by atoms with Gasteiger partial charge in [-0.05, 0) is 60.9 Å². The SMILES string of the molecule is CCCCNC(=O)[C@@H](CC)N(Cc1ccc(Cl)cc1Cl)C(=O)CN(c1cccc(Br)c1)S(=O)(=O)c1ccccc1. The summed E-state index contributed by atoms with van der Waals surface area (Å²) in [6.45, 7) is 3.76. The Labute approximate surface area is 254 Å². The molecule has 0 aliphatic rings. The van der Waals surface area contributed by atoms with E-state index in [1.165, 1.54) is 17.0 Å². The van der Waals surface area contributed by atoms with E-state index in [1.54, 1.807) is 67.6 Å². The summed E-state index contributed by atoms with van der Waals surface area (Å²) in [6.07, 6.45) is 2.02. The highest BCUT2D eigenvalue weighted by Gasteiger charge is 2.34. The molecule has 0 aliphatic carbocycles. The summed E-state index contributed by atoms with van der Waals surface area (Å²) in [5, 5.41) is 3.68. The molecular weight excluding hydrogens is 637 g/mol. The Morgan fingerprint density at radius 2 is 1.70 bits per heavy atom. The molecular formula is C29H32BrCl2N3O4S. The van der Waals surface area contributed by atoms with Crippen molar-refractivity contribution in [2.75, 3.05) is 17.4 Å². The number of benzene rings is 3. The van der Waals surface area contributed by atoms with Crippen LogP contribution in [0.1, 0.15) is 38.7 Å². The van der Waals surface area contributed by atoms with E-state index < -0.39 is 28.5 Å². The van der Waals surface area contributed by atoms with Crippen LogP contribution in [0.5, 0.6) is 0 Å². The fraction of sp³-hybridized carbons (Fsp3) is 0.310. The molecule has 11 heteroatoms. The number of carbonyl (C=O) groups is 2. The van der Waals surface area contributed by atoms with Crippen molar-refractivity contribution < 1.29 is 18.0 Å². The van der Waals surface area contributed by atoms with Crippen LogP contribution >= 0.6 is 39.1 Å². The van der Waals surface area contributed by atoms with Gasteiger partial charge in [0.05, 0.1) is 10.6 Å². The van der Waals surface area contributed by atoms with Crippen molar-refractivity contribution in [2.45, 2.75) is 50.6 Å². The molecule has 2 amide bonds. The molecule has 0 unspecified atom stereocenters. The second-order valence-electron chi connectivity index (χ2n) is 9.13. The smallest absolute Gasteiger partial charge is 0.264 e. The molecule has 3 aromatic rings. The minimum atomic E-state index is -4.14. The van der Waals surface area contributed by atoms with E-state index in [1.807, 2.05) is 6.92 Å². The van der Waals surface area contributed by atoms with Gasteiger partial charge in [-0.25, -0.2) is 8.42 Å². The van der Waals surface area contributed by atoms with Crippen molar-refractivity contribution in [1.29, 1.82) is 0 Å². The van der Waals surface area contributed by atoms with Crippen molar-refractivity contribution in [3.63, 3.8) is 0 Å². The Hall–Kier alpha value is -2.59. The molecule has 0 radical (unpaired) electrons. The molecule has 214 valence electrons. The lowest BCUT2D eigenvalue weighted by Gasteiger charge is -2.33. The molecule has 0 spiro atoms. The molecule has 7 nitrogen and oxygen atoms in total. The summed E-state index contributed by atoms with van der Waals surface area (Å²) in [7, 11) is -4.14. The van der Waals surface area contributed by atoms with Gasteiger partial charge in [0.25, 0.3) is 10.0 Å². The van der Waals surface area contributed by atoms with Crippen molar-refractivity contribution >= 4 is 66.7 Å².